The van der Waals surface area contributed by atoms with Gasteiger partial charge in [0.1, 0.15) is 0 Å². The van der Waals surface area contributed by atoms with Crippen molar-refractivity contribution in [2.45, 2.75) is 19.4 Å². The summed E-state index contributed by atoms with van der Waals surface area (Å²) in [4.78, 5) is 33.0. The standard InChI is InChI=1S/C21H29N7O2/c1-26(2)17-7-5-6-16(14-17)19(29)22-15-18-23-20(27-8-3-4-9-27)25-21(24-18)28-10-12-30-13-11-28/h5-7,14H,3-4,8-13,15H2,1-2H3,(H,22,29). The minimum Gasteiger partial charge on any atom is -0.378 e. The molecule has 0 bridgehead atoms. The number of rotatable bonds is 6. The van der Waals surface area contributed by atoms with Gasteiger partial charge in [-0.2, -0.15) is 15.0 Å². The van der Waals surface area contributed by atoms with Gasteiger partial charge in [-0.25, -0.2) is 0 Å². The lowest BCUT2D eigenvalue weighted by Crippen LogP contribution is -2.38. The van der Waals surface area contributed by atoms with Gasteiger partial charge in [0, 0.05) is 51.5 Å². The highest BCUT2D eigenvalue weighted by Crippen LogP contribution is 2.20. The van der Waals surface area contributed by atoms with E-state index in [-0.39, 0.29) is 12.5 Å². The molecule has 30 heavy (non-hydrogen) atoms. The Kier molecular flexibility index (Phi) is 6.27. The average Bonchev–Trinajstić information content (AvgIpc) is 3.33. The Morgan fingerprint density at radius 2 is 1.70 bits per heavy atom. The first-order valence-corrected chi connectivity index (χ1v) is 10.5. The predicted octanol–water partition coefficient (Wildman–Crippen LogP) is 1.30. The number of amides is 1. The Bertz CT molecular complexity index is 877. The SMILES string of the molecule is CN(C)c1cccc(C(=O)NCc2nc(N3CCCC3)nc(N3CCOCC3)n2)c1. The van der Waals surface area contributed by atoms with Crippen molar-refractivity contribution < 1.29 is 9.53 Å². The highest BCUT2D eigenvalue weighted by molar-refractivity contribution is 5.95. The molecule has 2 aliphatic rings. The van der Waals surface area contributed by atoms with Crippen LogP contribution in [0.5, 0.6) is 0 Å². The minimum absolute atomic E-state index is 0.144. The van der Waals surface area contributed by atoms with Crippen molar-refractivity contribution in [1.29, 1.82) is 0 Å². The second-order valence-corrected chi connectivity index (χ2v) is 7.77. The fraction of sp³-hybridized carbons (Fsp3) is 0.524. The van der Waals surface area contributed by atoms with E-state index in [1.165, 1.54) is 0 Å². The van der Waals surface area contributed by atoms with Crippen molar-refractivity contribution in [1.82, 2.24) is 20.3 Å². The lowest BCUT2D eigenvalue weighted by atomic mass is 10.2. The topological polar surface area (TPSA) is 86.7 Å². The smallest absolute Gasteiger partial charge is 0.251 e. The third-order valence-corrected chi connectivity index (χ3v) is 5.37. The van der Waals surface area contributed by atoms with Crippen molar-refractivity contribution in [2.75, 3.05) is 68.2 Å². The number of carbonyl (C=O) groups excluding carboxylic acids is 1. The van der Waals surface area contributed by atoms with E-state index in [1.54, 1.807) is 0 Å². The molecule has 9 nitrogen and oxygen atoms in total. The monoisotopic (exact) mass is 411 g/mol. The van der Waals surface area contributed by atoms with Crippen LogP contribution in [0, 0.1) is 0 Å². The Morgan fingerprint density at radius 1 is 1.03 bits per heavy atom. The number of nitrogens with zero attached hydrogens (tertiary/aromatic N) is 6. The zero-order valence-electron chi connectivity index (χ0n) is 17.7. The van der Waals surface area contributed by atoms with E-state index in [2.05, 4.69) is 25.1 Å². The van der Waals surface area contributed by atoms with Crippen molar-refractivity contribution in [3.63, 3.8) is 0 Å². The van der Waals surface area contributed by atoms with Crippen molar-refractivity contribution >= 4 is 23.5 Å². The Labute approximate surface area is 177 Å². The fourth-order valence-corrected chi connectivity index (χ4v) is 3.62. The minimum atomic E-state index is -0.144. The maximum absolute atomic E-state index is 12.7. The van der Waals surface area contributed by atoms with Gasteiger partial charge in [-0.1, -0.05) is 6.07 Å². The predicted molar refractivity (Wildman–Crippen MR) is 116 cm³/mol. The van der Waals surface area contributed by atoms with Crippen LogP contribution in [-0.2, 0) is 11.3 Å². The van der Waals surface area contributed by atoms with E-state index in [1.807, 2.05) is 43.3 Å². The fourth-order valence-electron chi connectivity index (χ4n) is 3.62. The maximum atomic E-state index is 12.7. The van der Waals surface area contributed by atoms with Crippen LogP contribution < -0.4 is 20.0 Å². The van der Waals surface area contributed by atoms with E-state index < -0.39 is 0 Å². The van der Waals surface area contributed by atoms with Gasteiger partial charge in [0.2, 0.25) is 11.9 Å². The molecule has 0 radical (unpaired) electrons. The van der Waals surface area contributed by atoms with Crippen molar-refractivity contribution in [2.24, 2.45) is 0 Å². The highest BCUT2D eigenvalue weighted by Gasteiger charge is 2.21. The summed E-state index contributed by atoms with van der Waals surface area (Å²) in [5.41, 5.74) is 1.59. The number of morpholine rings is 1. The zero-order valence-corrected chi connectivity index (χ0v) is 17.7. The molecule has 2 aromatic rings. The lowest BCUT2D eigenvalue weighted by molar-refractivity contribution is 0.0950. The van der Waals surface area contributed by atoms with Crippen LogP contribution in [-0.4, -0.2) is 74.3 Å². The number of aromatic nitrogens is 3. The molecule has 9 heteroatoms. The first-order chi connectivity index (χ1) is 14.6. The van der Waals surface area contributed by atoms with Gasteiger partial charge in [0.15, 0.2) is 5.82 Å². The van der Waals surface area contributed by atoms with Crippen LogP contribution in [0.4, 0.5) is 17.6 Å². The van der Waals surface area contributed by atoms with Gasteiger partial charge >= 0.3 is 0 Å². The molecule has 0 aliphatic carbocycles. The second-order valence-electron chi connectivity index (χ2n) is 7.77. The molecule has 0 saturated carbocycles. The zero-order chi connectivity index (χ0) is 20.9. The van der Waals surface area contributed by atoms with E-state index >= 15 is 0 Å². The number of hydrogen-bond acceptors (Lipinski definition) is 8. The largest absolute Gasteiger partial charge is 0.378 e. The summed E-state index contributed by atoms with van der Waals surface area (Å²) in [6, 6.07) is 7.54. The third-order valence-electron chi connectivity index (χ3n) is 5.37. The first kappa shape index (κ1) is 20.3. The third kappa shape index (κ3) is 4.79. The molecule has 2 saturated heterocycles. The Balaban J connectivity index is 1.51. The molecule has 2 fully saturated rings. The number of anilines is 3. The van der Waals surface area contributed by atoms with Gasteiger partial charge in [0.25, 0.3) is 5.91 Å². The number of ether oxygens (including phenoxy) is 1. The van der Waals surface area contributed by atoms with Crippen LogP contribution in [0.2, 0.25) is 0 Å². The van der Waals surface area contributed by atoms with Crippen molar-refractivity contribution in [3.8, 4) is 0 Å². The molecular weight excluding hydrogens is 382 g/mol. The van der Waals surface area contributed by atoms with Crippen molar-refractivity contribution in [3.05, 3.63) is 35.7 Å². The van der Waals surface area contributed by atoms with Crippen LogP contribution in [0.1, 0.15) is 29.0 Å². The van der Waals surface area contributed by atoms with Gasteiger partial charge in [-0.05, 0) is 31.0 Å². The molecule has 1 aromatic carbocycles. The van der Waals surface area contributed by atoms with Gasteiger partial charge in [-0.3, -0.25) is 4.79 Å². The normalized spacial score (nSPS) is 16.6. The summed E-state index contributed by atoms with van der Waals surface area (Å²) in [5, 5.41) is 2.96. The highest BCUT2D eigenvalue weighted by atomic mass is 16.5. The number of benzene rings is 1. The summed E-state index contributed by atoms with van der Waals surface area (Å²) in [6.07, 6.45) is 2.29. The molecule has 0 atom stereocenters. The van der Waals surface area contributed by atoms with Gasteiger partial charge in [0.05, 0.1) is 19.8 Å². The average molecular weight is 412 g/mol. The summed E-state index contributed by atoms with van der Waals surface area (Å²) in [5.74, 6) is 1.79. The van der Waals surface area contributed by atoms with E-state index in [0.717, 1.165) is 44.7 Å². The lowest BCUT2D eigenvalue weighted by Gasteiger charge is -2.28. The summed E-state index contributed by atoms with van der Waals surface area (Å²) in [6.45, 7) is 5.01. The molecule has 1 aromatic heterocycles. The molecule has 4 rings (SSSR count). The first-order valence-electron chi connectivity index (χ1n) is 10.5. The molecule has 0 spiro atoms. The summed E-state index contributed by atoms with van der Waals surface area (Å²) < 4.78 is 5.45. The molecule has 0 unspecified atom stereocenters. The second kappa shape index (κ2) is 9.25. The molecule has 2 aliphatic heterocycles. The Hall–Kier alpha value is -2.94. The van der Waals surface area contributed by atoms with Crippen LogP contribution in [0.3, 0.4) is 0 Å². The molecular formula is C21H29N7O2. The summed E-state index contributed by atoms with van der Waals surface area (Å²) >= 11 is 0. The van der Waals surface area contributed by atoms with E-state index in [9.17, 15) is 4.79 Å². The molecule has 1 amide bonds. The number of carbonyl (C=O) groups is 1. The number of hydrogen-bond donors (Lipinski definition) is 1. The maximum Gasteiger partial charge on any atom is 0.251 e. The molecule has 160 valence electrons. The van der Waals surface area contributed by atoms with Gasteiger partial charge in [-0.15, -0.1) is 0 Å². The quantitative estimate of drug-likeness (QED) is 0.761. The van der Waals surface area contributed by atoms with Gasteiger partial charge < -0.3 is 24.8 Å². The molecule has 3 heterocycles. The molecule has 1 N–H and O–H groups in total. The van der Waals surface area contributed by atoms with Crippen LogP contribution >= 0.6 is 0 Å². The number of nitrogens with one attached hydrogen (secondary N) is 1. The van der Waals surface area contributed by atoms with Crippen LogP contribution in [0.15, 0.2) is 24.3 Å². The van der Waals surface area contributed by atoms with E-state index in [0.29, 0.717) is 36.5 Å². The Morgan fingerprint density at radius 3 is 2.37 bits per heavy atom. The van der Waals surface area contributed by atoms with E-state index in [4.69, 9.17) is 9.72 Å². The summed E-state index contributed by atoms with van der Waals surface area (Å²) in [7, 11) is 3.91. The van der Waals surface area contributed by atoms with Crippen LogP contribution in [0.25, 0.3) is 0 Å².